The standard InChI is InChI=1S/C13H22N2O3/c1-3-10-12(17)15(8-5-11(16)14-10)9-13(18-2)6-4-7-13/h10H,3-9H2,1-2H3,(H,14,16). The lowest BCUT2D eigenvalue weighted by Gasteiger charge is -2.43. The molecule has 1 saturated heterocycles. The Morgan fingerprint density at radius 2 is 2.17 bits per heavy atom. The van der Waals surface area contributed by atoms with Gasteiger partial charge in [0.15, 0.2) is 0 Å². The number of hydrogen-bond donors (Lipinski definition) is 1. The van der Waals surface area contributed by atoms with Crippen LogP contribution in [0.3, 0.4) is 0 Å². The Morgan fingerprint density at radius 3 is 2.67 bits per heavy atom. The van der Waals surface area contributed by atoms with Crippen molar-refractivity contribution in [2.75, 3.05) is 20.2 Å². The van der Waals surface area contributed by atoms with Crippen LogP contribution in [0.1, 0.15) is 39.0 Å². The fourth-order valence-electron chi connectivity index (χ4n) is 2.67. The van der Waals surface area contributed by atoms with Crippen molar-refractivity contribution >= 4 is 11.8 Å². The molecule has 1 unspecified atom stereocenters. The van der Waals surface area contributed by atoms with Gasteiger partial charge >= 0.3 is 0 Å². The van der Waals surface area contributed by atoms with Gasteiger partial charge in [-0.25, -0.2) is 0 Å². The molecule has 0 aromatic carbocycles. The van der Waals surface area contributed by atoms with Crippen molar-refractivity contribution < 1.29 is 14.3 Å². The number of carbonyl (C=O) groups excluding carboxylic acids is 2. The van der Waals surface area contributed by atoms with E-state index in [9.17, 15) is 9.59 Å². The number of amides is 2. The van der Waals surface area contributed by atoms with E-state index in [1.165, 1.54) is 0 Å². The smallest absolute Gasteiger partial charge is 0.245 e. The first-order valence-corrected chi connectivity index (χ1v) is 6.73. The van der Waals surface area contributed by atoms with E-state index in [1.54, 1.807) is 12.0 Å². The lowest BCUT2D eigenvalue weighted by atomic mass is 9.79. The largest absolute Gasteiger partial charge is 0.376 e. The third kappa shape index (κ3) is 2.51. The van der Waals surface area contributed by atoms with Crippen LogP contribution in [0.4, 0.5) is 0 Å². The Labute approximate surface area is 108 Å². The monoisotopic (exact) mass is 254 g/mol. The Morgan fingerprint density at radius 1 is 1.44 bits per heavy atom. The summed E-state index contributed by atoms with van der Waals surface area (Å²) in [4.78, 5) is 25.7. The number of nitrogens with one attached hydrogen (secondary N) is 1. The third-order valence-electron chi connectivity index (χ3n) is 4.14. The molecular weight excluding hydrogens is 232 g/mol. The van der Waals surface area contributed by atoms with Crippen LogP contribution in [-0.2, 0) is 14.3 Å². The Kier molecular flexibility index (Phi) is 3.90. The first-order chi connectivity index (χ1) is 8.60. The molecule has 0 radical (unpaired) electrons. The number of ether oxygens (including phenoxy) is 1. The quantitative estimate of drug-likeness (QED) is 0.802. The van der Waals surface area contributed by atoms with Gasteiger partial charge in [-0.2, -0.15) is 0 Å². The molecule has 5 nitrogen and oxygen atoms in total. The van der Waals surface area contributed by atoms with E-state index in [4.69, 9.17) is 4.74 Å². The minimum atomic E-state index is -0.367. The molecule has 0 aromatic rings. The Hall–Kier alpha value is -1.10. The lowest BCUT2D eigenvalue weighted by molar-refractivity contribution is -0.142. The molecule has 18 heavy (non-hydrogen) atoms. The van der Waals surface area contributed by atoms with Crippen molar-refractivity contribution in [1.82, 2.24) is 10.2 Å². The molecular formula is C13H22N2O3. The van der Waals surface area contributed by atoms with E-state index in [-0.39, 0.29) is 23.5 Å². The topological polar surface area (TPSA) is 58.6 Å². The van der Waals surface area contributed by atoms with E-state index in [0.717, 1.165) is 19.3 Å². The molecule has 0 bridgehead atoms. The maximum atomic E-state index is 12.3. The zero-order valence-electron chi connectivity index (χ0n) is 11.2. The summed E-state index contributed by atoms with van der Waals surface area (Å²) in [6, 6.07) is -0.367. The fraction of sp³-hybridized carbons (Fsp3) is 0.846. The zero-order chi connectivity index (χ0) is 13.2. The van der Waals surface area contributed by atoms with Gasteiger partial charge in [0.05, 0.1) is 5.60 Å². The number of hydrogen-bond acceptors (Lipinski definition) is 3. The SMILES string of the molecule is CCC1NC(=O)CCN(CC2(OC)CCC2)C1=O. The van der Waals surface area contributed by atoms with Gasteiger partial charge in [0, 0.05) is 26.6 Å². The predicted molar refractivity (Wildman–Crippen MR) is 67.0 cm³/mol. The maximum Gasteiger partial charge on any atom is 0.245 e. The molecule has 2 rings (SSSR count). The Bertz CT molecular complexity index is 334. The molecule has 0 spiro atoms. The molecule has 2 fully saturated rings. The Balaban J connectivity index is 2.06. The molecule has 1 atom stereocenters. The normalized spacial score (nSPS) is 27.4. The molecule has 1 aliphatic carbocycles. The highest BCUT2D eigenvalue weighted by Crippen LogP contribution is 2.36. The van der Waals surface area contributed by atoms with Crippen LogP contribution >= 0.6 is 0 Å². The van der Waals surface area contributed by atoms with Gasteiger partial charge in [0.2, 0.25) is 11.8 Å². The lowest BCUT2D eigenvalue weighted by Crippen LogP contribution is -2.53. The second-order valence-corrected chi connectivity index (χ2v) is 5.28. The number of methoxy groups -OCH3 is 1. The van der Waals surface area contributed by atoms with Crippen molar-refractivity contribution in [3.05, 3.63) is 0 Å². The van der Waals surface area contributed by atoms with Gasteiger partial charge in [0.1, 0.15) is 6.04 Å². The van der Waals surface area contributed by atoms with Crippen LogP contribution in [0.25, 0.3) is 0 Å². The highest BCUT2D eigenvalue weighted by Gasteiger charge is 2.41. The summed E-state index contributed by atoms with van der Waals surface area (Å²) in [5, 5.41) is 2.78. The van der Waals surface area contributed by atoms with E-state index in [1.807, 2.05) is 6.92 Å². The average molecular weight is 254 g/mol. The summed E-state index contributed by atoms with van der Waals surface area (Å²) < 4.78 is 5.56. The molecule has 2 aliphatic rings. The molecule has 102 valence electrons. The van der Waals surface area contributed by atoms with Crippen molar-refractivity contribution in [2.45, 2.75) is 50.7 Å². The van der Waals surface area contributed by atoms with E-state index >= 15 is 0 Å². The second-order valence-electron chi connectivity index (χ2n) is 5.28. The average Bonchev–Trinajstić information content (AvgIpc) is 2.45. The van der Waals surface area contributed by atoms with E-state index in [2.05, 4.69) is 5.32 Å². The van der Waals surface area contributed by atoms with Gasteiger partial charge in [-0.1, -0.05) is 6.92 Å². The van der Waals surface area contributed by atoms with Gasteiger partial charge in [-0.05, 0) is 25.7 Å². The summed E-state index contributed by atoms with van der Waals surface area (Å²) in [5.74, 6) is 0.00412. The fourth-order valence-corrected chi connectivity index (χ4v) is 2.67. The summed E-state index contributed by atoms with van der Waals surface area (Å²) in [6.07, 6.45) is 4.20. The van der Waals surface area contributed by atoms with Crippen LogP contribution in [0.15, 0.2) is 0 Å². The third-order valence-corrected chi connectivity index (χ3v) is 4.14. The van der Waals surface area contributed by atoms with E-state index < -0.39 is 0 Å². The highest BCUT2D eigenvalue weighted by atomic mass is 16.5. The van der Waals surface area contributed by atoms with Crippen LogP contribution in [0.5, 0.6) is 0 Å². The van der Waals surface area contributed by atoms with Crippen molar-refractivity contribution in [1.29, 1.82) is 0 Å². The molecule has 2 amide bonds. The first kappa shape index (κ1) is 13.3. The van der Waals surface area contributed by atoms with Crippen LogP contribution in [0.2, 0.25) is 0 Å². The predicted octanol–water partition coefficient (Wildman–Crippen LogP) is 0.683. The number of nitrogens with zero attached hydrogens (tertiary/aromatic N) is 1. The molecule has 1 heterocycles. The first-order valence-electron chi connectivity index (χ1n) is 6.73. The van der Waals surface area contributed by atoms with Crippen molar-refractivity contribution in [3.63, 3.8) is 0 Å². The van der Waals surface area contributed by atoms with E-state index in [0.29, 0.717) is 25.9 Å². The minimum Gasteiger partial charge on any atom is -0.376 e. The van der Waals surface area contributed by atoms with Crippen molar-refractivity contribution in [2.24, 2.45) is 0 Å². The van der Waals surface area contributed by atoms with Crippen LogP contribution in [0, 0.1) is 0 Å². The van der Waals surface area contributed by atoms with Crippen LogP contribution in [-0.4, -0.2) is 48.6 Å². The number of carbonyl (C=O) groups is 2. The molecule has 5 heteroatoms. The highest BCUT2D eigenvalue weighted by molar-refractivity contribution is 5.89. The summed E-state index contributed by atoms with van der Waals surface area (Å²) in [7, 11) is 1.71. The minimum absolute atomic E-state index is 0.0298. The van der Waals surface area contributed by atoms with Crippen molar-refractivity contribution in [3.8, 4) is 0 Å². The zero-order valence-corrected chi connectivity index (χ0v) is 11.2. The summed E-state index contributed by atoms with van der Waals surface area (Å²) in [6.45, 7) is 3.04. The maximum absolute atomic E-state index is 12.3. The van der Waals surface area contributed by atoms with Crippen LogP contribution < -0.4 is 5.32 Å². The molecule has 1 saturated carbocycles. The second kappa shape index (κ2) is 5.26. The molecule has 1 aliphatic heterocycles. The van der Waals surface area contributed by atoms with Gasteiger partial charge < -0.3 is 15.0 Å². The molecule has 1 N–H and O–H groups in total. The number of rotatable bonds is 4. The van der Waals surface area contributed by atoms with Gasteiger partial charge in [-0.3, -0.25) is 9.59 Å². The van der Waals surface area contributed by atoms with Gasteiger partial charge in [0.25, 0.3) is 0 Å². The van der Waals surface area contributed by atoms with Gasteiger partial charge in [-0.15, -0.1) is 0 Å². The summed E-state index contributed by atoms with van der Waals surface area (Å²) >= 11 is 0. The summed E-state index contributed by atoms with van der Waals surface area (Å²) in [5.41, 5.74) is -0.165. The molecule has 0 aromatic heterocycles.